The maximum Gasteiger partial charge on any atom is 0.333 e. The van der Waals surface area contributed by atoms with Gasteiger partial charge in [-0.1, -0.05) is 38.4 Å². The fourth-order valence-corrected chi connectivity index (χ4v) is 3.36. The molecule has 23 heavy (non-hydrogen) atoms. The third-order valence-electron chi connectivity index (χ3n) is 3.69. The highest BCUT2D eigenvalue weighted by Crippen LogP contribution is 2.32. The highest BCUT2D eigenvalue weighted by molar-refractivity contribution is 9.10. The average Bonchev–Trinajstić information content (AvgIpc) is 2.80. The molecule has 1 heterocycles. The van der Waals surface area contributed by atoms with E-state index >= 15 is 0 Å². The van der Waals surface area contributed by atoms with Crippen molar-refractivity contribution < 1.29 is 9.53 Å². The lowest BCUT2D eigenvalue weighted by molar-refractivity contribution is -0.139. The van der Waals surface area contributed by atoms with Crippen LogP contribution in [0.25, 0.3) is 21.8 Å². The van der Waals surface area contributed by atoms with Crippen LogP contribution in [-0.4, -0.2) is 17.1 Å². The number of halogens is 2. The summed E-state index contributed by atoms with van der Waals surface area (Å²) in [6.07, 6.45) is 0. The number of aromatic nitrogens is 1. The van der Waals surface area contributed by atoms with Crippen LogP contribution in [0.3, 0.4) is 0 Å². The van der Waals surface area contributed by atoms with Gasteiger partial charge in [-0.25, -0.2) is 4.79 Å². The molecule has 118 valence electrons. The molecule has 1 aromatic heterocycles. The second kappa shape index (κ2) is 6.49. The molecule has 0 spiro atoms. The summed E-state index contributed by atoms with van der Waals surface area (Å²) in [7, 11) is 0. The highest BCUT2D eigenvalue weighted by Gasteiger charge is 2.12. The summed E-state index contributed by atoms with van der Waals surface area (Å²) in [6.45, 7) is 6.16. The van der Waals surface area contributed by atoms with Crippen LogP contribution in [0.5, 0.6) is 0 Å². The molecule has 3 rings (SSSR count). The van der Waals surface area contributed by atoms with Gasteiger partial charge in [0.1, 0.15) is 6.61 Å². The Morgan fingerprint density at radius 1 is 1.09 bits per heavy atom. The Hall–Kier alpha value is -1.59. The molecule has 0 amide bonds. The molecule has 3 nitrogen and oxygen atoms in total. The Kier molecular flexibility index (Phi) is 4.60. The topological polar surface area (TPSA) is 31.2 Å². The summed E-state index contributed by atoms with van der Waals surface area (Å²) >= 11 is 7.07. The van der Waals surface area contributed by atoms with Gasteiger partial charge in [-0.2, -0.15) is 0 Å². The second-order valence-corrected chi connectivity index (χ2v) is 7.22. The fraction of sp³-hybridized carbons (Fsp3) is 0.167. The molecule has 0 bridgehead atoms. The van der Waals surface area contributed by atoms with Gasteiger partial charge in [-0.05, 0) is 43.3 Å². The number of hydrogen-bond donors (Lipinski definition) is 0. The fourth-order valence-electron chi connectivity index (χ4n) is 2.64. The van der Waals surface area contributed by atoms with Crippen LogP contribution >= 0.6 is 31.9 Å². The van der Waals surface area contributed by atoms with E-state index in [4.69, 9.17) is 4.74 Å². The van der Waals surface area contributed by atoms with Crippen LogP contribution in [0.1, 0.15) is 6.92 Å². The highest BCUT2D eigenvalue weighted by atomic mass is 79.9. The first kappa shape index (κ1) is 16.3. The van der Waals surface area contributed by atoms with E-state index in [0.717, 1.165) is 20.0 Å². The molecule has 0 aliphatic carbocycles. The van der Waals surface area contributed by atoms with Crippen molar-refractivity contribution in [3.05, 3.63) is 57.5 Å². The Morgan fingerprint density at radius 3 is 2.09 bits per heavy atom. The monoisotopic (exact) mass is 435 g/mol. The van der Waals surface area contributed by atoms with Crippen LogP contribution in [0.4, 0.5) is 0 Å². The number of benzene rings is 2. The molecule has 0 saturated heterocycles. The molecular formula is C18H15Br2NO2. The molecule has 0 N–H and O–H groups in total. The third-order valence-corrected chi connectivity index (χ3v) is 4.67. The van der Waals surface area contributed by atoms with E-state index in [0.29, 0.717) is 18.7 Å². The molecule has 0 saturated carbocycles. The minimum atomic E-state index is -0.351. The first-order valence-corrected chi connectivity index (χ1v) is 8.75. The Labute approximate surface area is 151 Å². The minimum Gasteiger partial charge on any atom is -0.460 e. The van der Waals surface area contributed by atoms with E-state index in [1.807, 2.05) is 12.1 Å². The van der Waals surface area contributed by atoms with E-state index in [1.165, 1.54) is 10.8 Å². The number of carbonyl (C=O) groups is 1. The molecule has 0 fully saturated rings. The zero-order valence-electron chi connectivity index (χ0n) is 12.6. The largest absolute Gasteiger partial charge is 0.460 e. The van der Waals surface area contributed by atoms with Crippen LogP contribution in [-0.2, 0) is 16.1 Å². The van der Waals surface area contributed by atoms with Gasteiger partial charge >= 0.3 is 5.97 Å². The van der Waals surface area contributed by atoms with Crippen LogP contribution in [0, 0.1) is 0 Å². The van der Waals surface area contributed by atoms with Gasteiger partial charge in [0.25, 0.3) is 0 Å². The van der Waals surface area contributed by atoms with Gasteiger partial charge in [0.05, 0.1) is 6.54 Å². The summed E-state index contributed by atoms with van der Waals surface area (Å²) in [5, 5.41) is 2.34. The zero-order valence-corrected chi connectivity index (χ0v) is 15.8. The van der Waals surface area contributed by atoms with Gasteiger partial charge < -0.3 is 9.30 Å². The van der Waals surface area contributed by atoms with Crippen molar-refractivity contribution in [2.24, 2.45) is 0 Å². The number of esters is 1. The lowest BCUT2D eigenvalue weighted by atomic mass is 10.2. The molecule has 0 unspecified atom stereocenters. The Morgan fingerprint density at radius 2 is 1.61 bits per heavy atom. The van der Waals surface area contributed by atoms with E-state index in [1.54, 1.807) is 6.92 Å². The number of rotatable bonds is 4. The summed E-state index contributed by atoms with van der Waals surface area (Å²) in [5.41, 5.74) is 2.65. The van der Waals surface area contributed by atoms with Crippen LogP contribution < -0.4 is 0 Å². The van der Waals surface area contributed by atoms with Crippen molar-refractivity contribution in [1.82, 2.24) is 4.57 Å². The zero-order chi connectivity index (χ0) is 16.6. The van der Waals surface area contributed by atoms with Gasteiger partial charge in [0.15, 0.2) is 0 Å². The predicted octanol–water partition coefficient (Wildman–Crippen LogP) is 5.44. The quantitative estimate of drug-likeness (QED) is 0.402. The molecule has 0 aliphatic rings. The first-order valence-electron chi connectivity index (χ1n) is 7.17. The molecule has 5 heteroatoms. The van der Waals surface area contributed by atoms with E-state index < -0.39 is 0 Å². The van der Waals surface area contributed by atoms with Gasteiger partial charge in [-0.15, -0.1) is 0 Å². The summed E-state index contributed by atoms with van der Waals surface area (Å²) in [6, 6.07) is 12.4. The number of nitrogens with zero attached hydrogens (tertiary/aromatic N) is 1. The van der Waals surface area contributed by atoms with Gasteiger partial charge in [0.2, 0.25) is 0 Å². The first-order chi connectivity index (χ1) is 11.0. The smallest absolute Gasteiger partial charge is 0.333 e. The number of ether oxygens (including phenoxy) is 1. The van der Waals surface area contributed by atoms with Crippen molar-refractivity contribution in [3.8, 4) is 0 Å². The lowest BCUT2D eigenvalue weighted by Gasteiger charge is -2.08. The average molecular weight is 437 g/mol. The van der Waals surface area contributed by atoms with Crippen molar-refractivity contribution in [3.63, 3.8) is 0 Å². The van der Waals surface area contributed by atoms with Crippen molar-refractivity contribution in [1.29, 1.82) is 0 Å². The molecule has 0 radical (unpaired) electrons. The van der Waals surface area contributed by atoms with Crippen molar-refractivity contribution in [2.45, 2.75) is 13.5 Å². The molecule has 0 atom stereocenters. The number of hydrogen-bond acceptors (Lipinski definition) is 2. The maximum absolute atomic E-state index is 11.5. The van der Waals surface area contributed by atoms with Gasteiger partial charge in [-0.3, -0.25) is 0 Å². The molecule has 2 aromatic carbocycles. The summed E-state index contributed by atoms with van der Waals surface area (Å²) in [4.78, 5) is 11.5. The van der Waals surface area contributed by atoms with E-state index in [2.05, 4.69) is 67.3 Å². The lowest BCUT2D eigenvalue weighted by Crippen LogP contribution is -2.11. The molecule has 3 aromatic rings. The minimum absolute atomic E-state index is 0.316. The van der Waals surface area contributed by atoms with Crippen molar-refractivity contribution in [2.75, 3.05) is 6.61 Å². The van der Waals surface area contributed by atoms with Gasteiger partial charge in [0, 0.05) is 36.3 Å². The molecular weight excluding hydrogens is 422 g/mol. The van der Waals surface area contributed by atoms with Crippen LogP contribution in [0.2, 0.25) is 0 Å². The summed E-state index contributed by atoms with van der Waals surface area (Å²) < 4.78 is 9.50. The second-order valence-electron chi connectivity index (χ2n) is 5.39. The third kappa shape index (κ3) is 3.21. The number of fused-ring (bicyclic) bond motifs is 3. The standard InChI is InChI=1S/C18H15Br2NO2/c1-11(2)18(22)23-8-7-21-16-5-3-12(19)9-14(16)15-10-13(20)4-6-17(15)21/h3-6,9-10H,1,7-8H2,2H3. The Bertz CT molecular complexity index is 868. The predicted molar refractivity (Wildman–Crippen MR) is 101 cm³/mol. The Balaban J connectivity index is 2.04. The maximum atomic E-state index is 11.5. The summed E-state index contributed by atoms with van der Waals surface area (Å²) in [5.74, 6) is -0.351. The molecule has 0 aliphatic heterocycles. The van der Waals surface area contributed by atoms with E-state index in [-0.39, 0.29) is 5.97 Å². The SMILES string of the molecule is C=C(C)C(=O)OCCn1c2ccc(Br)cc2c2cc(Br)ccc21. The van der Waals surface area contributed by atoms with Crippen LogP contribution in [0.15, 0.2) is 57.5 Å². The van der Waals surface area contributed by atoms with Crippen molar-refractivity contribution >= 4 is 59.6 Å². The van der Waals surface area contributed by atoms with E-state index in [9.17, 15) is 4.79 Å². The normalized spacial score (nSPS) is 11.1. The number of carbonyl (C=O) groups excluding carboxylic acids is 1.